The van der Waals surface area contributed by atoms with Gasteiger partial charge < -0.3 is 0 Å². The average molecular weight is 373 g/mol. The standard InChI is InChI=1S/C21H22F3N3/c1-3-14-6-4-5-7-15(14)20-16-8-9-19-18(11-25-26-19)17(16)10-13(2)27(20)12-21(22,23)24/h4-9,11,13,20H,3,10,12H2,1-2H3,(H,25,26)/t13-,20?/m1/s1. The maximum atomic E-state index is 13.4. The molecule has 3 nitrogen and oxygen atoms in total. The van der Waals surface area contributed by atoms with Crippen molar-refractivity contribution in [3.05, 3.63) is 64.8 Å². The van der Waals surface area contributed by atoms with Gasteiger partial charge in [-0.1, -0.05) is 37.3 Å². The number of H-pyrrole nitrogens is 1. The fourth-order valence-corrected chi connectivity index (χ4v) is 4.35. The molecule has 0 bridgehead atoms. The molecule has 142 valence electrons. The third-order valence-electron chi connectivity index (χ3n) is 5.56. The van der Waals surface area contributed by atoms with Gasteiger partial charge in [-0.05, 0) is 48.1 Å². The molecule has 0 saturated heterocycles. The highest BCUT2D eigenvalue weighted by atomic mass is 19.4. The van der Waals surface area contributed by atoms with Crippen LogP contribution in [0.5, 0.6) is 0 Å². The van der Waals surface area contributed by atoms with Crippen molar-refractivity contribution < 1.29 is 13.2 Å². The van der Waals surface area contributed by atoms with E-state index >= 15 is 0 Å². The van der Waals surface area contributed by atoms with Gasteiger partial charge in [-0.3, -0.25) is 10.00 Å². The summed E-state index contributed by atoms with van der Waals surface area (Å²) >= 11 is 0. The largest absolute Gasteiger partial charge is 0.401 e. The molecule has 2 heterocycles. The van der Waals surface area contributed by atoms with E-state index in [0.717, 1.165) is 39.6 Å². The Bertz CT molecular complexity index is 961. The number of nitrogens with one attached hydrogen (secondary N) is 1. The van der Waals surface area contributed by atoms with Crippen LogP contribution in [0.4, 0.5) is 13.2 Å². The topological polar surface area (TPSA) is 31.9 Å². The molecule has 1 aliphatic heterocycles. The number of aromatic nitrogens is 2. The van der Waals surface area contributed by atoms with Crippen LogP contribution in [0.1, 0.15) is 42.1 Å². The number of hydrogen-bond acceptors (Lipinski definition) is 2. The first-order valence-corrected chi connectivity index (χ1v) is 9.24. The van der Waals surface area contributed by atoms with Crippen LogP contribution < -0.4 is 0 Å². The predicted octanol–water partition coefficient (Wildman–Crippen LogP) is 5.02. The Morgan fingerprint density at radius 2 is 1.93 bits per heavy atom. The van der Waals surface area contributed by atoms with Gasteiger partial charge in [0.05, 0.1) is 24.3 Å². The Morgan fingerprint density at radius 1 is 1.15 bits per heavy atom. The molecule has 2 aromatic carbocycles. The molecule has 0 saturated carbocycles. The van der Waals surface area contributed by atoms with Crippen molar-refractivity contribution in [2.75, 3.05) is 6.54 Å². The first-order valence-electron chi connectivity index (χ1n) is 9.24. The molecule has 1 aromatic heterocycles. The van der Waals surface area contributed by atoms with Crippen LogP contribution in [0.15, 0.2) is 42.6 Å². The minimum absolute atomic E-state index is 0.227. The molecule has 3 aromatic rings. The molecule has 0 aliphatic carbocycles. The lowest BCUT2D eigenvalue weighted by molar-refractivity contribution is -0.155. The van der Waals surface area contributed by atoms with Gasteiger partial charge in [-0.2, -0.15) is 18.3 Å². The number of hydrogen-bond donors (Lipinski definition) is 1. The molecule has 4 rings (SSSR count). The number of rotatable bonds is 3. The summed E-state index contributed by atoms with van der Waals surface area (Å²) in [6, 6.07) is 11.1. The first-order chi connectivity index (χ1) is 12.9. The zero-order valence-corrected chi connectivity index (χ0v) is 15.3. The fourth-order valence-electron chi connectivity index (χ4n) is 4.35. The molecule has 0 amide bonds. The van der Waals surface area contributed by atoms with Crippen LogP contribution in [-0.2, 0) is 12.8 Å². The minimum Gasteiger partial charge on any atom is -0.281 e. The summed E-state index contributed by atoms with van der Waals surface area (Å²) in [7, 11) is 0. The molecule has 6 heteroatoms. The van der Waals surface area contributed by atoms with Crippen molar-refractivity contribution in [2.24, 2.45) is 0 Å². The highest BCUT2D eigenvalue weighted by Crippen LogP contribution is 2.42. The highest BCUT2D eigenvalue weighted by molar-refractivity contribution is 5.83. The predicted molar refractivity (Wildman–Crippen MR) is 99.7 cm³/mol. The third kappa shape index (κ3) is 3.23. The van der Waals surface area contributed by atoms with Crippen LogP contribution in [0.2, 0.25) is 0 Å². The van der Waals surface area contributed by atoms with Crippen LogP contribution >= 0.6 is 0 Å². The quantitative estimate of drug-likeness (QED) is 0.699. The van der Waals surface area contributed by atoms with E-state index in [2.05, 4.69) is 10.2 Å². The molecule has 2 atom stereocenters. The van der Waals surface area contributed by atoms with Gasteiger partial charge in [-0.25, -0.2) is 0 Å². The van der Waals surface area contributed by atoms with Gasteiger partial charge in [-0.15, -0.1) is 0 Å². The summed E-state index contributed by atoms with van der Waals surface area (Å²) in [5, 5.41) is 8.10. The summed E-state index contributed by atoms with van der Waals surface area (Å²) < 4.78 is 40.2. The van der Waals surface area contributed by atoms with Crippen molar-refractivity contribution in [3.8, 4) is 0 Å². The lowest BCUT2D eigenvalue weighted by Crippen LogP contribution is -2.47. The SMILES string of the molecule is CCc1ccccc1C1c2ccc3[nH]ncc3c2C[C@@H](C)N1CC(F)(F)F. The Labute approximate surface area is 156 Å². The zero-order chi connectivity index (χ0) is 19.2. The first kappa shape index (κ1) is 18.0. The van der Waals surface area contributed by atoms with Gasteiger partial charge in [0.2, 0.25) is 0 Å². The number of benzene rings is 2. The molecule has 0 spiro atoms. The Balaban J connectivity index is 1.94. The molecule has 1 unspecified atom stereocenters. The monoisotopic (exact) mass is 373 g/mol. The molecular formula is C21H22F3N3. The Morgan fingerprint density at radius 3 is 2.67 bits per heavy atom. The van der Waals surface area contributed by atoms with E-state index in [1.54, 1.807) is 11.1 Å². The van der Waals surface area contributed by atoms with Gasteiger partial charge in [0.25, 0.3) is 0 Å². The molecule has 1 N–H and O–H groups in total. The summed E-state index contributed by atoms with van der Waals surface area (Å²) in [6.45, 7) is 3.01. The lowest BCUT2D eigenvalue weighted by Gasteiger charge is -2.43. The second-order valence-electron chi connectivity index (χ2n) is 7.26. The van der Waals surface area contributed by atoms with Gasteiger partial charge in [0.15, 0.2) is 0 Å². The third-order valence-corrected chi connectivity index (χ3v) is 5.56. The maximum absolute atomic E-state index is 13.4. The van der Waals surface area contributed by atoms with Crippen molar-refractivity contribution in [1.29, 1.82) is 0 Å². The van der Waals surface area contributed by atoms with E-state index in [9.17, 15) is 13.2 Å². The van der Waals surface area contributed by atoms with Crippen LogP contribution in [0.25, 0.3) is 10.9 Å². The van der Waals surface area contributed by atoms with E-state index < -0.39 is 18.8 Å². The maximum Gasteiger partial charge on any atom is 0.401 e. The molecule has 27 heavy (non-hydrogen) atoms. The lowest BCUT2D eigenvalue weighted by atomic mass is 9.82. The number of halogens is 3. The summed E-state index contributed by atoms with van der Waals surface area (Å²) in [4.78, 5) is 1.60. The highest BCUT2D eigenvalue weighted by Gasteiger charge is 2.41. The van der Waals surface area contributed by atoms with Gasteiger partial charge in [0.1, 0.15) is 0 Å². The smallest absolute Gasteiger partial charge is 0.281 e. The summed E-state index contributed by atoms with van der Waals surface area (Å²) in [5.41, 5.74) is 5.02. The molecule has 0 radical (unpaired) electrons. The van der Waals surface area contributed by atoms with Crippen LogP contribution in [0.3, 0.4) is 0 Å². The number of aryl methyl sites for hydroxylation is 1. The zero-order valence-electron chi connectivity index (χ0n) is 15.3. The normalized spacial score (nSPS) is 20.8. The molecule has 1 aliphatic rings. The second-order valence-corrected chi connectivity index (χ2v) is 7.26. The van der Waals surface area contributed by atoms with Crippen LogP contribution in [0, 0.1) is 0 Å². The number of alkyl halides is 3. The number of nitrogens with zero attached hydrogens (tertiary/aromatic N) is 2. The molecular weight excluding hydrogens is 351 g/mol. The van der Waals surface area contributed by atoms with Crippen molar-refractivity contribution in [2.45, 2.75) is 44.9 Å². The summed E-state index contributed by atoms with van der Waals surface area (Å²) in [5.74, 6) is 0. The van der Waals surface area contributed by atoms with Crippen molar-refractivity contribution in [3.63, 3.8) is 0 Å². The average Bonchev–Trinajstić information content (AvgIpc) is 3.10. The van der Waals surface area contributed by atoms with Gasteiger partial charge >= 0.3 is 6.18 Å². The van der Waals surface area contributed by atoms with E-state index in [-0.39, 0.29) is 6.04 Å². The van der Waals surface area contributed by atoms with E-state index in [0.29, 0.717) is 6.42 Å². The van der Waals surface area contributed by atoms with E-state index in [1.165, 1.54) is 0 Å². The second kappa shape index (κ2) is 6.68. The minimum atomic E-state index is -4.25. The van der Waals surface area contributed by atoms with Gasteiger partial charge in [0, 0.05) is 11.4 Å². The van der Waals surface area contributed by atoms with E-state index in [4.69, 9.17) is 0 Å². The number of aromatic amines is 1. The van der Waals surface area contributed by atoms with Crippen LogP contribution in [-0.4, -0.2) is 33.9 Å². The molecule has 0 fully saturated rings. The Kier molecular flexibility index (Phi) is 4.46. The van der Waals surface area contributed by atoms with Crippen molar-refractivity contribution in [1.82, 2.24) is 15.1 Å². The fraction of sp³-hybridized carbons (Fsp3) is 0.381. The Hall–Kier alpha value is -2.34. The summed E-state index contributed by atoms with van der Waals surface area (Å²) in [6.07, 6.45) is -1.11. The number of fused-ring (bicyclic) bond motifs is 3. The van der Waals surface area contributed by atoms with Crippen molar-refractivity contribution >= 4 is 10.9 Å². The van der Waals surface area contributed by atoms with E-state index in [1.807, 2.05) is 50.2 Å².